The van der Waals surface area contributed by atoms with Crippen molar-refractivity contribution in [2.75, 3.05) is 39.8 Å². The van der Waals surface area contributed by atoms with Crippen molar-refractivity contribution in [3.8, 4) is 17.2 Å². The Bertz CT molecular complexity index is 409. The number of hydrogen-bond acceptors (Lipinski definition) is 5. The van der Waals surface area contributed by atoms with Gasteiger partial charge in [0.15, 0.2) is 11.5 Å². The zero-order valence-corrected chi connectivity index (χ0v) is 11.0. The number of nitrogens with two attached hydrogens (primary N) is 1. The molecule has 0 aromatic heterocycles. The molecule has 0 saturated heterocycles. The highest BCUT2D eigenvalue weighted by Gasteiger charge is 2.17. The van der Waals surface area contributed by atoms with Gasteiger partial charge in [-0.25, -0.2) is 0 Å². The van der Waals surface area contributed by atoms with E-state index in [1.54, 1.807) is 19.2 Å². The van der Waals surface area contributed by atoms with Crippen LogP contribution in [0, 0.1) is 0 Å². The van der Waals surface area contributed by atoms with Crippen LogP contribution in [0.2, 0.25) is 0 Å². The number of hydrogen-bond donors (Lipinski definition) is 1. The normalized spacial score (nSPS) is 9.83. The summed E-state index contributed by atoms with van der Waals surface area (Å²) < 4.78 is 15.6. The predicted octanol–water partition coefficient (Wildman–Crippen LogP) is 0.634. The van der Waals surface area contributed by atoms with E-state index in [0.717, 1.165) is 0 Å². The lowest BCUT2D eigenvalue weighted by Crippen LogP contribution is -2.32. The van der Waals surface area contributed by atoms with Crippen LogP contribution in [0.15, 0.2) is 12.1 Å². The minimum absolute atomic E-state index is 0.0623. The Labute approximate surface area is 106 Å². The zero-order valence-electron chi connectivity index (χ0n) is 11.0. The van der Waals surface area contributed by atoms with Crippen LogP contribution in [0.4, 0.5) is 5.69 Å². The van der Waals surface area contributed by atoms with E-state index >= 15 is 0 Å². The molecule has 0 aliphatic rings. The number of nitrogens with zero attached hydrogens (tertiary/aromatic N) is 1. The van der Waals surface area contributed by atoms with Crippen LogP contribution in [-0.2, 0) is 4.79 Å². The van der Waals surface area contributed by atoms with Gasteiger partial charge in [-0.1, -0.05) is 0 Å². The largest absolute Gasteiger partial charge is 0.493 e. The SMILES string of the molecule is COc1cc(N(C)C(=O)CN)cc(OC)c1OC. The fourth-order valence-corrected chi connectivity index (χ4v) is 1.54. The van der Waals surface area contributed by atoms with Crippen LogP contribution in [0.1, 0.15) is 0 Å². The van der Waals surface area contributed by atoms with Crippen LogP contribution < -0.4 is 24.8 Å². The molecule has 0 atom stereocenters. The number of benzene rings is 1. The molecule has 0 spiro atoms. The first-order valence-electron chi connectivity index (χ1n) is 5.35. The first kappa shape index (κ1) is 14.1. The minimum Gasteiger partial charge on any atom is -0.493 e. The number of carbonyl (C=O) groups is 1. The Hall–Kier alpha value is -1.95. The summed E-state index contributed by atoms with van der Waals surface area (Å²) in [6.45, 7) is -0.0623. The van der Waals surface area contributed by atoms with Crippen LogP contribution in [0.5, 0.6) is 17.2 Å². The predicted molar refractivity (Wildman–Crippen MR) is 68.6 cm³/mol. The summed E-state index contributed by atoms with van der Waals surface area (Å²) in [5.74, 6) is 1.26. The number of likely N-dealkylation sites (N-methyl/N-ethyl adjacent to an activating group) is 1. The summed E-state index contributed by atoms with van der Waals surface area (Å²) in [5, 5.41) is 0. The molecule has 100 valence electrons. The summed E-state index contributed by atoms with van der Waals surface area (Å²) in [7, 11) is 6.20. The number of methoxy groups -OCH3 is 3. The number of amides is 1. The lowest BCUT2D eigenvalue weighted by molar-refractivity contribution is -0.117. The first-order valence-corrected chi connectivity index (χ1v) is 5.35. The zero-order chi connectivity index (χ0) is 13.7. The van der Waals surface area contributed by atoms with Gasteiger partial charge in [0, 0.05) is 19.2 Å². The smallest absolute Gasteiger partial charge is 0.240 e. The van der Waals surface area contributed by atoms with Crippen molar-refractivity contribution in [3.05, 3.63) is 12.1 Å². The van der Waals surface area contributed by atoms with Crippen molar-refractivity contribution in [3.63, 3.8) is 0 Å². The molecule has 0 radical (unpaired) electrons. The van der Waals surface area contributed by atoms with E-state index < -0.39 is 0 Å². The Morgan fingerprint density at radius 1 is 1.17 bits per heavy atom. The molecule has 6 heteroatoms. The number of rotatable bonds is 5. The third kappa shape index (κ3) is 2.65. The molecule has 0 aliphatic carbocycles. The standard InChI is InChI=1S/C12H18N2O4/c1-14(11(15)7-13)8-5-9(16-2)12(18-4)10(6-8)17-3/h5-6H,7,13H2,1-4H3. The second kappa shape index (κ2) is 6.11. The molecule has 1 amide bonds. The van der Waals surface area contributed by atoms with Crippen molar-refractivity contribution in [2.24, 2.45) is 5.73 Å². The summed E-state index contributed by atoms with van der Waals surface area (Å²) in [6.07, 6.45) is 0. The molecule has 0 heterocycles. The van der Waals surface area contributed by atoms with Gasteiger partial charge in [0.2, 0.25) is 11.7 Å². The average Bonchev–Trinajstić information content (AvgIpc) is 2.43. The molecule has 1 rings (SSSR count). The quantitative estimate of drug-likeness (QED) is 0.834. The van der Waals surface area contributed by atoms with Crippen LogP contribution in [0.25, 0.3) is 0 Å². The highest BCUT2D eigenvalue weighted by atomic mass is 16.5. The van der Waals surface area contributed by atoms with Crippen molar-refractivity contribution in [1.82, 2.24) is 0 Å². The van der Waals surface area contributed by atoms with Gasteiger partial charge in [-0.05, 0) is 0 Å². The lowest BCUT2D eigenvalue weighted by Gasteiger charge is -2.20. The third-order valence-electron chi connectivity index (χ3n) is 2.59. The van der Waals surface area contributed by atoms with Gasteiger partial charge in [-0.2, -0.15) is 0 Å². The maximum Gasteiger partial charge on any atom is 0.240 e. The van der Waals surface area contributed by atoms with Gasteiger partial charge >= 0.3 is 0 Å². The fourth-order valence-electron chi connectivity index (χ4n) is 1.54. The maximum atomic E-state index is 11.6. The molecular weight excluding hydrogens is 236 g/mol. The molecule has 0 aliphatic heterocycles. The topological polar surface area (TPSA) is 74.0 Å². The summed E-state index contributed by atoms with van der Waals surface area (Å²) in [6, 6.07) is 3.38. The molecule has 1 aromatic rings. The molecule has 2 N–H and O–H groups in total. The van der Waals surface area contributed by atoms with E-state index in [4.69, 9.17) is 19.9 Å². The monoisotopic (exact) mass is 254 g/mol. The van der Waals surface area contributed by atoms with Gasteiger partial charge in [0.1, 0.15) is 0 Å². The van der Waals surface area contributed by atoms with Gasteiger partial charge in [0.25, 0.3) is 0 Å². The molecule has 1 aromatic carbocycles. The van der Waals surface area contributed by atoms with Gasteiger partial charge in [-0.15, -0.1) is 0 Å². The van der Waals surface area contributed by atoms with Crippen LogP contribution in [-0.4, -0.2) is 40.8 Å². The van der Waals surface area contributed by atoms with E-state index in [0.29, 0.717) is 22.9 Å². The third-order valence-corrected chi connectivity index (χ3v) is 2.59. The number of ether oxygens (including phenoxy) is 3. The first-order chi connectivity index (χ1) is 8.58. The van der Waals surface area contributed by atoms with Crippen molar-refractivity contribution >= 4 is 11.6 Å². The fraction of sp³-hybridized carbons (Fsp3) is 0.417. The van der Waals surface area contributed by atoms with Crippen molar-refractivity contribution in [1.29, 1.82) is 0 Å². The van der Waals surface area contributed by atoms with Gasteiger partial charge < -0.3 is 24.8 Å². The Morgan fingerprint density at radius 2 is 1.67 bits per heavy atom. The number of carbonyl (C=O) groups excluding carboxylic acids is 1. The average molecular weight is 254 g/mol. The molecule has 0 unspecified atom stereocenters. The molecule has 0 bridgehead atoms. The second-order valence-corrected chi connectivity index (χ2v) is 3.54. The van der Waals surface area contributed by atoms with Crippen molar-refractivity contribution in [2.45, 2.75) is 0 Å². The van der Waals surface area contributed by atoms with E-state index in [1.165, 1.54) is 26.2 Å². The molecule has 0 saturated carbocycles. The Balaban J connectivity index is 3.27. The van der Waals surface area contributed by atoms with E-state index in [1.807, 2.05) is 0 Å². The van der Waals surface area contributed by atoms with Crippen LogP contribution >= 0.6 is 0 Å². The summed E-state index contributed by atoms with van der Waals surface area (Å²) >= 11 is 0. The molecular formula is C12H18N2O4. The minimum atomic E-state index is -0.204. The van der Waals surface area contributed by atoms with Gasteiger partial charge in [-0.3, -0.25) is 4.79 Å². The molecule has 0 fully saturated rings. The highest BCUT2D eigenvalue weighted by molar-refractivity contribution is 5.94. The van der Waals surface area contributed by atoms with Crippen molar-refractivity contribution < 1.29 is 19.0 Å². The van der Waals surface area contributed by atoms with Gasteiger partial charge in [0.05, 0.1) is 33.6 Å². The molecule has 6 nitrogen and oxygen atoms in total. The second-order valence-electron chi connectivity index (χ2n) is 3.54. The summed E-state index contributed by atoms with van der Waals surface area (Å²) in [5.41, 5.74) is 5.95. The van der Waals surface area contributed by atoms with E-state index in [2.05, 4.69) is 0 Å². The Morgan fingerprint density at radius 3 is 2.00 bits per heavy atom. The Kier molecular flexibility index (Phi) is 4.79. The summed E-state index contributed by atoms with van der Waals surface area (Å²) in [4.78, 5) is 13.0. The van der Waals surface area contributed by atoms with E-state index in [-0.39, 0.29) is 12.5 Å². The van der Waals surface area contributed by atoms with E-state index in [9.17, 15) is 4.79 Å². The number of anilines is 1. The maximum absolute atomic E-state index is 11.6. The molecule has 18 heavy (non-hydrogen) atoms. The van der Waals surface area contributed by atoms with Crippen LogP contribution in [0.3, 0.4) is 0 Å². The lowest BCUT2D eigenvalue weighted by atomic mass is 10.2. The highest BCUT2D eigenvalue weighted by Crippen LogP contribution is 2.40.